The first-order chi connectivity index (χ1) is 13.2. The summed E-state index contributed by atoms with van der Waals surface area (Å²) in [5.74, 6) is -2.81. The number of carbonyl (C=O) groups excluding carboxylic acids is 1. The van der Waals surface area contributed by atoms with Crippen LogP contribution in [-0.2, 0) is 6.54 Å². The molecule has 3 rings (SSSR count). The second-order valence-corrected chi connectivity index (χ2v) is 6.02. The number of nitrogens with one attached hydrogen (secondary N) is 2. The molecule has 1 aromatic heterocycles. The lowest BCUT2D eigenvalue weighted by Crippen LogP contribution is -2.31. The zero-order chi connectivity index (χ0) is 20.3. The van der Waals surface area contributed by atoms with E-state index < -0.39 is 35.9 Å². The van der Waals surface area contributed by atoms with Crippen molar-refractivity contribution >= 4 is 11.6 Å². The number of benzene rings is 1. The molecule has 1 amide bonds. The highest BCUT2D eigenvalue weighted by Crippen LogP contribution is 2.29. The average Bonchev–Trinajstić information content (AvgIpc) is 2.66. The molecule has 0 spiro atoms. The van der Waals surface area contributed by atoms with Crippen molar-refractivity contribution < 1.29 is 22.4 Å². The third-order valence-electron chi connectivity index (χ3n) is 4.02. The summed E-state index contributed by atoms with van der Waals surface area (Å²) >= 11 is 0. The summed E-state index contributed by atoms with van der Waals surface area (Å²) in [4.78, 5) is 34.3. The molecule has 0 saturated heterocycles. The first kappa shape index (κ1) is 19.5. The monoisotopic (exact) mass is 394 g/mol. The summed E-state index contributed by atoms with van der Waals surface area (Å²) in [5.41, 5.74) is -0.289. The molecule has 0 fully saturated rings. The Morgan fingerprint density at radius 3 is 2.54 bits per heavy atom. The number of alkyl halides is 3. The van der Waals surface area contributed by atoms with Gasteiger partial charge in [-0.25, -0.2) is 9.37 Å². The van der Waals surface area contributed by atoms with Crippen molar-refractivity contribution in [3.05, 3.63) is 75.7 Å². The molecular formula is C18H14F4N4O2. The third-order valence-corrected chi connectivity index (χ3v) is 4.02. The van der Waals surface area contributed by atoms with Crippen molar-refractivity contribution in [3.8, 4) is 0 Å². The van der Waals surface area contributed by atoms with Gasteiger partial charge in [0.1, 0.15) is 11.4 Å². The molecule has 0 aliphatic carbocycles. The summed E-state index contributed by atoms with van der Waals surface area (Å²) in [5, 5.41) is 2.51. The first-order valence-electron chi connectivity index (χ1n) is 8.16. The van der Waals surface area contributed by atoms with Crippen molar-refractivity contribution in [2.24, 2.45) is 10.9 Å². The largest absolute Gasteiger partial charge is 0.396 e. The number of amides is 1. The highest BCUT2D eigenvalue weighted by Gasteiger charge is 2.38. The topological polar surface area (TPSA) is 87.2 Å². The molecule has 1 aromatic carbocycles. The van der Waals surface area contributed by atoms with Crippen LogP contribution in [0.4, 0.5) is 17.6 Å². The van der Waals surface area contributed by atoms with Gasteiger partial charge in [0.2, 0.25) is 0 Å². The Morgan fingerprint density at radius 2 is 1.96 bits per heavy atom. The van der Waals surface area contributed by atoms with Gasteiger partial charge >= 0.3 is 6.18 Å². The fourth-order valence-corrected chi connectivity index (χ4v) is 2.45. The minimum Gasteiger partial charge on any atom is -0.348 e. The predicted octanol–water partition coefficient (Wildman–Crippen LogP) is 2.38. The minimum absolute atomic E-state index is 0.0306. The zero-order valence-corrected chi connectivity index (χ0v) is 14.3. The van der Waals surface area contributed by atoms with Gasteiger partial charge in [0, 0.05) is 12.7 Å². The van der Waals surface area contributed by atoms with E-state index in [1.54, 1.807) is 0 Å². The number of allylic oxidation sites excluding steroid dienone is 1. The smallest absolute Gasteiger partial charge is 0.348 e. The number of carbonyl (C=O) groups is 1. The third kappa shape index (κ3) is 4.51. The van der Waals surface area contributed by atoms with Crippen molar-refractivity contribution in [2.45, 2.75) is 12.7 Å². The highest BCUT2D eigenvalue weighted by atomic mass is 19.4. The quantitative estimate of drug-likeness (QED) is 0.781. The Balaban J connectivity index is 1.68. The van der Waals surface area contributed by atoms with Crippen LogP contribution in [0.2, 0.25) is 0 Å². The molecular weight excluding hydrogens is 380 g/mol. The van der Waals surface area contributed by atoms with Gasteiger partial charge in [-0.3, -0.25) is 14.6 Å². The Hall–Kier alpha value is -3.30. The number of hydrogen-bond donors (Lipinski definition) is 2. The predicted molar refractivity (Wildman–Crippen MR) is 92.5 cm³/mol. The van der Waals surface area contributed by atoms with Gasteiger partial charge in [-0.05, 0) is 23.8 Å². The zero-order valence-electron chi connectivity index (χ0n) is 14.3. The van der Waals surface area contributed by atoms with Gasteiger partial charge in [-0.15, -0.1) is 0 Å². The lowest BCUT2D eigenvalue weighted by Gasteiger charge is -2.18. The molecule has 1 aliphatic heterocycles. The number of aromatic amines is 1. The number of halogens is 4. The molecule has 2 aromatic rings. The van der Waals surface area contributed by atoms with Crippen LogP contribution in [0.25, 0.3) is 0 Å². The number of aromatic nitrogens is 2. The van der Waals surface area contributed by atoms with E-state index in [0.29, 0.717) is 5.56 Å². The average molecular weight is 394 g/mol. The van der Waals surface area contributed by atoms with Crippen LogP contribution in [0.3, 0.4) is 0 Å². The van der Waals surface area contributed by atoms with E-state index in [4.69, 9.17) is 0 Å². The molecule has 1 aliphatic rings. The van der Waals surface area contributed by atoms with E-state index in [9.17, 15) is 27.2 Å². The maximum Gasteiger partial charge on any atom is 0.396 e. The van der Waals surface area contributed by atoms with Crippen molar-refractivity contribution in [1.82, 2.24) is 15.3 Å². The van der Waals surface area contributed by atoms with Gasteiger partial charge in [0.05, 0.1) is 18.2 Å². The van der Waals surface area contributed by atoms with Crippen LogP contribution in [-0.4, -0.2) is 34.3 Å². The fourth-order valence-electron chi connectivity index (χ4n) is 2.45. The lowest BCUT2D eigenvalue weighted by molar-refractivity contribution is -0.158. The van der Waals surface area contributed by atoms with Gasteiger partial charge in [-0.2, -0.15) is 13.2 Å². The minimum atomic E-state index is -4.39. The summed E-state index contributed by atoms with van der Waals surface area (Å²) in [6.07, 6.45) is -1.28. The lowest BCUT2D eigenvalue weighted by atomic mass is 10.1. The molecule has 0 bridgehead atoms. The van der Waals surface area contributed by atoms with Gasteiger partial charge < -0.3 is 10.3 Å². The van der Waals surface area contributed by atoms with Gasteiger partial charge in [0.25, 0.3) is 11.5 Å². The molecule has 10 heteroatoms. The second kappa shape index (κ2) is 7.75. The van der Waals surface area contributed by atoms with E-state index in [0.717, 1.165) is 18.3 Å². The number of aliphatic imine (C=N–C) groups is 1. The first-order valence-corrected chi connectivity index (χ1v) is 8.16. The molecule has 2 heterocycles. The number of nitrogens with zero attached hydrogens (tertiary/aromatic N) is 2. The van der Waals surface area contributed by atoms with E-state index >= 15 is 0 Å². The molecule has 0 saturated carbocycles. The highest BCUT2D eigenvalue weighted by molar-refractivity contribution is 6.06. The molecule has 2 N–H and O–H groups in total. The molecule has 0 radical (unpaired) electrons. The summed E-state index contributed by atoms with van der Waals surface area (Å²) < 4.78 is 50.8. The fraction of sp³-hybridized carbons (Fsp3) is 0.222. The van der Waals surface area contributed by atoms with Gasteiger partial charge in [-0.1, -0.05) is 18.2 Å². The van der Waals surface area contributed by atoms with E-state index in [-0.39, 0.29) is 23.6 Å². The van der Waals surface area contributed by atoms with Crippen LogP contribution < -0.4 is 10.9 Å². The Morgan fingerprint density at radius 1 is 1.25 bits per heavy atom. The maximum absolute atomic E-state index is 12.9. The Bertz CT molecular complexity index is 994. The molecule has 1 atom stereocenters. The van der Waals surface area contributed by atoms with Gasteiger partial charge in [0.15, 0.2) is 5.82 Å². The van der Waals surface area contributed by atoms with Crippen LogP contribution in [0.1, 0.15) is 21.7 Å². The summed E-state index contributed by atoms with van der Waals surface area (Å²) in [6, 6.07) is 5.46. The van der Waals surface area contributed by atoms with E-state index in [1.807, 2.05) is 0 Å². The molecule has 6 nitrogen and oxygen atoms in total. The number of H-pyrrole nitrogens is 1. The van der Waals surface area contributed by atoms with Crippen LogP contribution in [0.15, 0.2) is 52.4 Å². The number of rotatable bonds is 4. The normalized spacial score (nSPS) is 16.6. The Labute approximate surface area is 156 Å². The van der Waals surface area contributed by atoms with Crippen LogP contribution >= 0.6 is 0 Å². The SMILES string of the molecule is O=C(NCc1ccc(F)cc1)c1cnc(C2=NCC(C(F)(F)F)C=C2)[nH]c1=O. The molecule has 1 unspecified atom stereocenters. The van der Waals surface area contributed by atoms with Crippen LogP contribution in [0.5, 0.6) is 0 Å². The Kier molecular flexibility index (Phi) is 5.39. The van der Waals surface area contributed by atoms with E-state index in [1.165, 1.54) is 24.3 Å². The number of dihydropyridines is 1. The van der Waals surface area contributed by atoms with Crippen LogP contribution in [0, 0.1) is 11.7 Å². The van der Waals surface area contributed by atoms with Crippen molar-refractivity contribution in [3.63, 3.8) is 0 Å². The summed E-state index contributed by atoms with van der Waals surface area (Å²) in [6.45, 7) is -0.423. The van der Waals surface area contributed by atoms with E-state index in [2.05, 4.69) is 20.3 Å². The summed E-state index contributed by atoms with van der Waals surface area (Å²) in [7, 11) is 0. The maximum atomic E-state index is 12.9. The number of hydrogen-bond acceptors (Lipinski definition) is 4. The molecule has 146 valence electrons. The molecule has 28 heavy (non-hydrogen) atoms. The van der Waals surface area contributed by atoms with Crippen molar-refractivity contribution in [1.29, 1.82) is 0 Å². The second-order valence-electron chi connectivity index (χ2n) is 6.02. The standard InChI is InChI=1S/C18H14F4N4O2/c19-12-4-1-10(2-5-12)7-25-16(27)13-9-24-15(26-17(13)28)14-6-3-11(8-23-14)18(20,21)22/h1-6,9,11H,7-8H2,(H,25,27)(H,24,26,28). The van der Waals surface area contributed by atoms with Crippen molar-refractivity contribution in [2.75, 3.05) is 6.54 Å².